The van der Waals surface area contributed by atoms with Gasteiger partial charge in [0.15, 0.2) is 0 Å². The maximum atomic E-state index is 12.8. The van der Waals surface area contributed by atoms with Gasteiger partial charge in [-0.2, -0.15) is 0 Å². The van der Waals surface area contributed by atoms with Gasteiger partial charge in [-0.05, 0) is 48.9 Å². The second kappa shape index (κ2) is 7.52. The quantitative estimate of drug-likeness (QED) is 0.823. The van der Waals surface area contributed by atoms with Crippen LogP contribution in [0.5, 0.6) is 0 Å². The molecule has 0 radical (unpaired) electrons. The lowest BCUT2D eigenvalue weighted by atomic mass is 9.90. The lowest BCUT2D eigenvalue weighted by Gasteiger charge is -2.20. The first-order valence-electron chi connectivity index (χ1n) is 8.84. The van der Waals surface area contributed by atoms with Crippen LogP contribution in [0, 0.1) is 5.41 Å². The van der Waals surface area contributed by atoms with Crippen molar-refractivity contribution in [3.8, 4) is 0 Å². The van der Waals surface area contributed by atoms with Crippen LogP contribution in [-0.2, 0) is 11.2 Å². The largest absolute Gasteiger partial charge is 0.481 e. The summed E-state index contributed by atoms with van der Waals surface area (Å²) in [6.45, 7) is 4.26. The molecule has 2 N–H and O–H groups in total. The third-order valence-electron chi connectivity index (χ3n) is 5.02. The molecule has 6 nitrogen and oxygen atoms in total. The fraction of sp³-hybridized carbons (Fsp3) is 0.350. The van der Waals surface area contributed by atoms with Crippen molar-refractivity contribution in [3.05, 3.63) is 52.4 Å². The van der Waals surface area contributed by atoms with Crippen molar-refractivity contribution in [2.45, 2.75) is 26.7 Å². The monoisotopic (exact) mass is 386 g/mol. The van der Waals surface area contributed by atoms with Crippen molar-refractivity contribution < 1.29 is 19.5 Å². The van der Waals surface area contributed by atoms with Crippen LogP contribution in [0.2, 0.25) is 0 Å². The van der Waals surface area contributed by atoms with E-state index in [0.29, 0.717) is 29.1 Å². The van der Waals surface area contributed by atoms with Crippen LogP contribution in [0.4, 0.5) is 5.00 Å². The van der Waals surface area contributed by atoms with Gasteiger partial charge >= 0.3 is 5.97 Å². The summed E-state index contributed by atoms with van der Waals surface area (Å²) in [4.78, 5) is 38.3. The standard InChI is InChI=1S/C20H22N2O4S/c1-3-13-4-6-14(7-5-13)16(23)21-17-15(8-11-27-17)18(24)22-10-9-20(2,12-22)19(25)26/h4-8,11H,3,9-10,12H2,1-2H3,(H,21,23)(H,25,26). The van der Waals surface area contributed by atoms with Crippen molar-refractivity contribution >= 4 is 34.1 Å². The number of nitrogens with one attached hydrogen (secondary N) is 1. The van der Waals surface area contributed by atoms with Crippen LogP contribution in [0.25, 0.3) is 0 Å². The molecule has 0 saturated carbocycles. The molecule has 1 unspecified atom stereocenters. The van der Waals surface area contributed by atoms with Crippen molar-refractivity contribution in [1.29, 1.82) is 0 Å². The van der Waals surface area contributed by atoms with Crippen molar-refractivity contribution in [3.63, 3.8) is 0 Å². The Morgan fingerprint density at radius 1 is 1.22 bits per heavy atom. The van der Waals surface area contributed by atoms with E-state index >= 15 is 0 Å². The highest BCUT2D eigenvalue weighted by molar-refractivity contribution is 7.14. The predicted molar refractivity (Wildman–Crippen MR) is 104 cm³/mol. The Morgan fingerprint density at radius 2 is 1.93 bits per heavy atom. The van der Waals surface area contributed by atoms with E-state index < -0.39 is 11.4 Å². The minimum atomic E-state index is -0.921. The molecular formula is C20H22N2O4S. The highest BCUT2D eigenvalue weighted by Crippen LogP contribution is 2.33. The van der Waals surface area contributed by atoms with Gasteiger partial charge in [-0.15, -0.1) is 11.3 Å². The third kappa shape index (κ3) is 3.88. The first-order chi connectivity index (χ1) is 12.8. The molecular weight excluding hydrogens is 364 g/mol. The van der Waals surface area contributed by atoms with Gasteiger partial charge in [0.1, 0.15) is 5.00 Å². The Labute approximate surface area is 161 Å². The van der Waals surface area contributed by atoms with Crippen LogP contribution in [0.3, 0.4) is 0 Å². The molecule has 3 rings (SSSR count). The minimum Gasteiger partial charge on any atom is -0.481 e. The molecule has 1 aromatic heterocycles. The van der Waals surface area contributed by atoms with E-state index in [9.17, 15) is 19.5 Å². The average molecular weight is 386 g/mol. The minimum absolute atomic E-state index is 0.170. The van der Waals surface area contributed by atoms with E-state index in [4.69, 9.17) is 0 Å². The van der Waals surface area contributed by atoms with Gasteiger partial charge in [0, 0.05) is 18.7 Å². The Balaban J connectivity index is 1.73. The van der Waals surface area contributed by atoms with Gasteiger partial charge in [-0.25, -0.2) is 0 Å². The van der Waals surface area contributed by atoms with Crippen LogP contribution >= 0.6 is 11.3 Å². The van der Waals surface area contributed by atoms with Gasteiger partial charge in [0.05, 0.1) is 11.0 Å². The number of anilines is 1. The van der Waals surface area contributed by atoms with Crippen LogP contribution in [0.15, 0.2) is 35.7 Å². The normalized spacial score (nSPS) is 19.1. The third-order valence-corrected chi connectivity index (χ3v) is 5.85. The molecule has 142 valence electrons. The molecule has 1 atom stereocenters. The van der Waals surface area contributed by atoms with Gasteiger partial charge in [-0.3, -0.25) is 14.4 Å². The number of likely N-dealkylation sites (tertiary alicyclic amines) is 1. The van der Waals surface area contributed by atoms with E-state index in [1.54, 1.807) is 35.4 Å². The topological polar surface area (TPSA) is 86.7 Å². The van der Waals surface area contributed by atoms with Gasteiger partial charge in [0.25, 0.3) is 11.8 Å². The number of nitrogens with zero attached hydrogens (tertiary/aromatic N) is 1. The van der Waals surface area contributed by atoms with E-state index in [1.807, 2.05) is 19.1 Å². The van der Waals surface area contributed by atoms with E-state index in [-0.39, 0.29) is 18.4 Å². The molecule has 7 heteroatoms. The first kappa shape index (κ1) is 19.1. The second-order valence-electron chi connectivity index (χ2n) is 7.01. The second-order valence-corrected chi connectivity index (χ2v) is 7.93. The molecule has 1 aromatic carbocycles. The lowest BCUT2D eigenvalue weighted by Crippen LogP contribution is -2.35. The SMILES string of the molecule is CCc1ccc(C(=O)Nc2sccc2C(=O)N2CCC(C)(C(=O)O)C2)cc1. The molecule has 2 aromatic rings. The van der Waals surface area contributed by atoms with Crippen LogP contribution in [0.1, 0.15) is 46.5 Å². The molecule has 0 aliphatic carbocycles. The number of aryl methyl sites for hydroxylation is 1. The summed E-state index contributed by atoms with van der Waals surface area (Å²) in [5, 5.41) is 14.4. The van der Waals surface area contributed by atoms with Gasteiger partial charge < -0.3 is 15.3 Å². The highest BCUT2D eigenvalue weighted by atomic mass is 32.1. The molecule has 1 fully saturated rings. The average Bonchev–Trinajstić information content (AvgIpc) is 3.29. The van der Waals surface area contributed by atoms with Crippen molar-refractivity contribution in [2.24, 2.45) is 5.41 Å². The van der Waals surface area contributed by atoms with Gasteiger partial charge in [0.2, 0.25) is 0 Å². The number of thiophene rings is 1. The number of rotatable bonds is 5. The maximum Gasteiger partial charge on any atom is 0.311 e. The number of carboxylic acids is 1. The Morgan fingerprint density at radius 3 is 2.52 bits per heavy atom. The number of benzene rings is 1. The molecule has 2 amide bonds. The molecule has 1 aliphatic heterocycles. The van der Waals surface area contributed by atoms with Crippen LogP contribution < -0.4 is 5.32 Å². The number of hydrogen-bond donors (Lipinski definition) is 2. The number of hydrogen-bond acceptors (Lipinski definition) is 4. The zero-order chi connectivity index (χ0) is 19.6. The Hall–Kier alpha value is -2.67. The number of carboxylic acid groups (broad SMARTS) is 1. The number of carbonyl (C=O) groups is 3. The smallest absolute Gasteiger partial charge is 0.311 e. The van der Waals surface area contributed by atoms with Gasteiger partial charge in [-0.1, -0.05) is 19.1 Å². The summed E-state index contributed by atoms with van der Waals surface area (Å²) >= 11 is 1.28. The number of amides is 2. The van der Waals surface area contributed by atoms with E-state index in [0.717, 1.165) is 12.0 Å². The lowest BCUT2D eigenvalue weighted by molar-refractivity contribution is -0.147. The van der Waals surface area contributed by atoms with E-state index in [1.165, 1.54) is 11.3 Å². The number of carbonyl (C=O) groups excluding carboxylic acids is 2. The summed E-state index contributed by atoms with van der Waals surface area (Å²) in [6.07, 6.45) is 1.32. The fourth-order valence-electron chi connectivity index (χ4n) is 3.12. The summed E-state index contributed by atoms with van der Waals surface area (Å²) in [7, 11) is 0. The summed E-state index contributed by atoms with van der Waals surface area (Å²) in [6, 6.07) is 9.02. The highest BCUT2D eigenvalue weighted by Gasteiger charge is 2.42. The zero-order valence-electron chi connectivity index (χ0n) is 15.3. The fourth-order valence-corrected chi connectivity index (χ4v) is 3.90. The van der Waals surface area contributed by atoms with E-state index in [2.05, 4.69) is 5.32 Å². The molecule has 0 spiro atoms. The molecule has 1 aliphatic rings. The number of aliphatic carboxylic acids is 1. The molecule has 1 saturated heterocycles. The zero-order valence-corrected chi connectivity index (χ0v) is 16.1. The summed E-state index contributed by atoms with van der Waals surface area (Å²) in [5.41, 5.74) is 1.15. The first-order valence-corrected chi connectivity index (χ1v) is 9.72. The maximum absolute atomic E-state index is 12.8. The van der Waals surface area contributed by atoms with Crippen molar-refractivity contribution in [1.82, 2.24) is 4.90 Å². The molecule has 27 heavy (non-hydrogen) atoms. The van der Waals surface area contributed by atoms with Crippen molar-refractivity contribution in [2.75, 3.05) is 18.4 Å². The predicted octanol–water partition coefficient (Wildman–Crippen LogP) is 3.50. The molecule has 2 heterocycles. The summed E-state index contributed by atoms with van der Waals surface area (Å²) in [5.74, 6) is -1.42. The molecule has 0 bridgehead atoms. The van der Waals surface area contributed by atoms with Crippen LogP contribution in [-0.4, -0.2) is 40.9 Å². The Kier molecular flexibility index (Phi) is 5.32. The summed E-state index contributed by atoms with van der Waals surface area (Å²) < 4.78 is 0. The Bertz CT molecular complexity index is 874.